The van der Waals surface area contributed by atoms with Gasteiger partial charge in [-0.25, -0.2) is 0 Å². The molecule has 152 valence electrons. The Bertz CT molecular complexity index is 1230. The molecule has 6 heteroatoms. The Morgan fingerprint density at radius 3 is 2.43 bits per heavy atom. The molecule has 3 aromatic carbocycles. The first-order valence-electron chi connectivity index (χ1n) is 9.60. The van der Waals surface area contributed by atoms with Crippen LogP contribution in [-0.4, -0.2) is 10.5 Å². The van der Waals surface area contributed by atoms with Gasteiger partial charge in [-0.1, -0.05) is 41.4 Å². The summed E-state index contributed by atoms with van der Waals surface area (Å²) in [5, 5.41) is 5.08. The number of nitrogens with zero attached hydrogens (tertiary/aromatic N) is 1. The fourth-order valence-corrected chi connectivity index (χ4v) is 3.95. The van der Waals surface area contributed by atoms with Crippen LogP contribution in [0, 0.1) is 6.92 Å². The molecular weight excluding hydrogens is 419 g/mol. The van der Waals surface area contributed by atoms with Gasteiger partial charge in [0.1, 0.15) is 11.4 Å². The van der Waals surface area contributed by atoms with Crippen LogP contribution in [0.2, 0.25) is 10.0 Å². The van der Waals surface area contributed by atoms with E-state index in [2.05, 4.69) is 5.32 Å². The third kappa shape index (κ3) is 3.89. The highest BCUT2D eigenvalue weighted by atomic mass is 35.5. The SMILES string of the molecule is CCn1c(C(=O)Nc2cc(Cl)ccc2Oc2ccccc2)c(C)c2cc(Cl)ccc21. The first-order chi connectivity index (χ1) is 14.5. The van der Waals surface area contributed by atoms with Crippen LogP contribution in [0.1, 0.15) is 23.0 Å². The minimum absolute atomic E-state index is 0.234. The van der Waals surface area contributed by atoms with Crippen molar-refractivity contribution >= 4 is 45.7 Å². The molecule has 0 aliphatic heterocycles. The molecule has 0 unspecified atom stereocenters. The number of amides is 1. The number of halogens is 2. The van der Waals surface area contributed by atoms with E-state index in [1.54, 1.807) is 18.2 Å². The van der Waals surface area contributed by atoms with Crippen LogP contribution in [0.4, 0.5) is 5.69 Å². The average Bonchev–Trinajstić information content (AvgIpc) is 3.02. The fraction of sp³-hybridized carbons (Fsp3) is 0.125. The van der Waals surface area contributed by atoms with Crippen molar-refractivity contribution in [2.45, 2.75) is 20.4 Å². The number of aromatic nitrogens is 1. The standard InChI is InChI=1S/C24H20Cl2N2O2/c1-3-28-21-11-9-16(25)13-19(21)15(2)23(28)24(29)27-20-14-17(26)10-12-22(20)30-18-7-5-4-6-8-18/h4-14H,3H2,1-2H3,(H,27,29). The lowest BCUT2D eigenvalue weighted by molar-refractivity contribution is 0.101. The zero-order chi connectivity index (χ0) is 21.3. The van der Waals surface area contributed by atoms with Gasteiger partial charge in [0.15, 0.2) is 5.75 Å². The Hall–Kier alpha value is -2.95. The number of aryl methyl sites for hydroxylation is 2. The number of anilines is 1. The van der Waals surface area contributed by atoms with Crippen LogP contribution in [-0.2, 0) is 6.54 Å². The summed E-state index contributed by atoms with van der Waals surface area (Å²) >= 11 is 12.4. The Morgan fingerprint density at radius 2 is 1.70 bits per heavy atom. The lowest BCUT2D eigenvalue weighted by Gasteiger charge is -2.14. The van der Waals surface area contributed by atoms with Gasteiger partial charge < -0.3 is 14.6 Å². The number of carbonyl (C=O) groups excluding carboxylic acids is 1. The summed E-state index contributed by atoms with van der Waals surface area (Å²) in [6.45, 7) is 4.59. The number of hydrogen-bond donors (Lipinski definition) is 1. The summed E-state index contributed by atoms with van der Waals surface area (Å²) in [7, 11) is 0. The predicted molar refractivity (Wildman–Crippen MR) is 123 cm³/mol. The topological polar surface area (TPSA) is 43.3 Å². The van der Waals surface area contributed by atoms with Crippen molar-refractivity contribution in [3.63, 3.8) is 0 Å². The van der Waals surface area contributed by atoms with Crippen molar-refractivity contribution in [1.82, 2.24) is 4.57 Å². The molecule has 1 heterocycles. The van der Waals surface area contributed by atoms with Gasteiger partial charge in [-0.3, -0.25) is 4.79 Å². The van der Waals surface area contributed by atoms with Crippen LogP contribution in [0.25, 0.3) is 10.9 Å². The van der Waals surface area contributed by atoms with Gasteiger partial charge in [-0.15, -0.1) is 0 Å². The van der Waals surface area contributed by atoms with E-state index in [1.165, 1.54) is 0 Å². The maximum atomic E-state index is 13.3. The lowest BCUT2D eigenvalue weighted by Crippen LogP contribution is -2.18. The van der Waals surface area contributed by atoms with Crippen LogP contribution in [0.3, 0.4) is 0 Å². The summed E-state index contributed by atoms with van der Waals surface area (Å²) in [4.78, 5) is 13.3. The van der Waals surface area contributed by atoms with Crippen molar-refractivity contribution in [2.24, 2.45) is 0 Å². The van der Waals surface area contributed by atoms with Crippen LogP contribution >= 0.6 is 23.2 Å². The number of para-hydroxylation sites is 1. The van der Waals surface area contributed by atoms with Crippen molar-refractivity contribution in [2.75, 3.05) is 5.32 Å². The third-order valence-electron chi connectivity index (χ3n) is 4.97. The summed E-state index contributed by atoms with van der Waals surface area (Å²) in [6, 6.07) is 20.2. The normalized spacial score (nSPS) is 10.9. The van der Waals surface area contributed by atoms with Crippen LogP contribution in [0.5, 0.6) is 11.5 Å². The van der Waals surface area contributed by atoms with Gasteiger partial charge in [-0.05, 0) is 67.9 Å². The minimum atomic E-state index is -0.234. The molecule has 1 amide bonds. The molecule has 1 aromatic heterocycles. The van der Waals surface area contributed by atoms with Gasteiger partial charge in [-0.2, -0.15) is 0 Å². The quantitative estimate of drug-likeness (QED) is 0.354. The van der Waals surface area contributed by atoms with E-state index in [1.807, 2.05) is 66.9 Å². The van der Waals surface area contributed by atoms with E-state index in [0.29, 0.717) is 39.5 Å². The van der Waals surface area contributed by atoms with Gasteiger partial charge in [0.25, 0.3) is 5.91 Å². The molecule has 0 spiro atoms. The summed E-state index contributed by atoms with van der Waals surface area (Å²) < 4.78 is 7.95. The molecule has 4 nitrogen and oxygen atoms in total. The lowest BCUT2D eigenvalue weighted by atomic mass is 10.1. The van der Waals surface area contributed by atoms with Gasteiger partial charge in [0, 0.05) is 27.5 Å². The molecule has 0 saturated heterocycles. The largest absolute Gasteiger partial charge is 0.455 e. The molecule has 1 N–H and O–H groups in total. The third-order valence-corrected chi connectivity index (χ3v) is 5.44. The van der Waals surface area contributed by atoms with E-state index in [9.17, 15) is 4.79 Å². The first-order valence-corrected chi connectivity index (χ1v) is 10.4. The zero-order valence-corrected chi connectivity index (χ0v) is 18.1. The highest BCUT2D eigenvalue weighted by Crippen LogP contribution is 2.34. The van der Waals surface area contributed by atoms with E-state index < -0.39 is 0 Å². The van der Waals surface area contributed by atoms with Gasteiger partial charge in [0.2, 0.25) is 0 Å². The molecule has 30 heavy (non-hydrogen) atoms. The number of carbonyl (C=O) groups is 1. The fourth-order valence-electron chi connectivity index (χ4n) is 3.60. The monoisotopic (exact) mass is 438 g/mol. The van der Waals surface area contributed by atoms with E-state index in [0.717, 1.165) is 16.5 Å². The van der Waals surface area contributed by atoms with Crippen molar-refractivity contribution in [1.29, 1.82) is 0 Å². The second kappa shape index (κ2) is 8.42. The number of rotatable bonds is 5. The zero-order valence-electron chi connectivity index (χ0n) is 16.6. The number of benzene rings is 3. The van der Waals surface area contributed by atoms with Crippen molar-refractivity contribution in [3.8, 4) is 11.5 Å². The second-order valence-electron chi connectivity index (χ2n) is 6.89. The predicted octanol–water partition coefficient (Wildman–Crippen LogP) is 7.32. The molecule has 0 radical (unpaired) electrons. The van der Waals surface area contributed by atoms with E-state index in [-0.39, 0.29) is 5.91 Å². The molecule has 0 aliphatic carbocycles. The second-order valence-corrected chi connectivity index (χ2v) is 7.76. The van der Waals surface area contributed by atoms with Crippen molar-refractivity contribution in [3.05, 3.63) is 88.0 Å². The molecule has 0 atom stereocenters. The Balaban J connectivity index is 1.73. The molecule has 0 aliphatic rings. The molecule has 0 fully saturated rings. The highest BCUT2D eigenvalue weighted by molar-refractivity contribution is 6.31. The molecule has 4 rings (SSSR count). The molecule has 0 saturated carbocycles. The Kier molecular flexibility index (Phi) is 5.71. The maximum Gasteiger partial charge on any atom is 0.272 e. The molecule has 0 bridgehead atoms. The number of hydrogen-bond acceptors (Lipinski definition) is 2. The smallest absolute Gasteiger partial charge is 0.272 e. The van der Waals surface area contributed by atoms with Gasteiger partial charge in [0.05, 0.1) is 5.69 Å². The van der Waals surface area contributed by atoms with Crippen LogP contribution < -0.4 is 10.1 Å². The summed E-state index contributed by atoms with van der Waals surface area (Å²) in [5.41, 5.74) is 2.93. The molecular formula is C24H20Cl2N2O2. The first kappa shape index (κ1) is 20.3. The van der Waals surface area contributed by atoms with E-state index in [4.69, 9.17) is 27.9 Å². The Labute approximate surface area is 185 Å². The van der Waals surface area contributed by atoms with Gasteiger partial charge >= 0.3 is 0 Å². The molecule has 4 aromatic rings. The average molecular weight is 439 g/mol. The number of fused-ring (bicyclic) bond motifs is 1. The van der Waals surface area contributed by atoms with Crippen LogP contribution in [0.15, 0.2) is 66.7 Å². The summed E-state index contributed by atoms with van der Waals surface area (Å²) in [6.07, 6.45) is 0. The Morgan fingerprint density at radius 1 is 1.00 bits per heavy atom. The minimum Gasteiger partial charge on any atom is -0.455 e. The van der Waals surface area contributed by atoms with Crippen molar-refractivity contribution < 1.29 is 9.53 Å². The number of ether oxygens (including phenoxy) is 1. The number of nitrogens with one attached hydrogen (secondary N) is 1. The highest BCUT2D eigenvalue weighted by Gasteiger charge is 2.21. The maximum absolute atomic E-state index is 13.3. The summed E-state index contributed by atoms with van der Waals surface area (Å²) in [5.74, 6) is 0.949. The van der Waals surface area contributed by atoms with E-state index >= 15 is 0 Å².